The number of hydrogen-bond donors (Lipinski definition) is 0. The lowest BCUT2D eigenvalue weighted by atomic mass is 10.1. The number of rotatable bonds is 3. The van der Waals surface area contributed by atoms with E-state index in [4.69, 9.17) is 0 Å². The molecular weight excluding hydrogens is 252 g/mol. The van der Waals surface area contributed by atoms with Crippen LogP contribution in [0.25, 0.3) is 11.4 Å². The van der Waals surface area contributed by atoms with Crippen LogP contribution >= 0.6 is 0 Å². The van der Waals surface area contributed by atoms with E-state index in [0.29, 0.717) is 11.6 Å². The molecule has 0 aliphatic heterocycles. The van der Waals surface area contributed by atoms with E-state index in [0.717, 1.165) is 30.5 Å². The Labute approximate surface area is 118 Å². The Bertz CT molecular complexity index is 591. The fourth-order valence-electron chi connectivity index (χ4n) is 3.01. The molecule has 0 radical (unpaired) electrons. The minimum absolute atomic E-state index is 0.429. The largest absolute Gasteiger partial charge is 0.298 e. The molecule has 0 unspecified atom stereocenters. The van der Waals surface area contributed by atoms with Crippen LogP contribution in [-0.4, -0.2) is 25.8 Å². The van der Waals surface area contributed by atoms with Crippen molar-refractivity contribution in [2.75, 3.05) is 0 Å². The van der Waals surface area contributed by atoms with E-state index < -0.39 is 0 Å². The topological polar surface area (TPSA) is 52.7 Å². The van der Waals surface area contributed by atoms with Crippen LogP contribution in [0.2, 0.25) is 0 Å². The lowest BCUT2D eigenvalue weighted by Gasteiger charge is -2.14. The number of carbonyl (C=O) groups is 1. The third kappa shape index (κ3) is 2.40. The first kappa shape index (κ1) is 13.1. The predicted octanol–water partition coefficient (Wildman–Crippen LogP) is 2.99. The number of carbonyl (C=O) groups excluding carboxylic acids is 1. The van der Waals surface area contributed by atoms with Crippen molar-refractivity contribution in [3.8, 4) is 11.4 Å². The van der Waals surface area contributed by atoms with Crippen LogP contribution in [-0.2, 0) is 7.05 Å². The summed E-state index contributed by atoms with van der Waals surface area (Å²) < 4.78 is 3.75. The van der Waals surface area contributed by atoms with Gasteiger partial charge in [-0.15, -0.1) is 0 Å². The Hall–Kier alpha value is -1.91. The van der Waals surface area contributed by atoms with Crippen molar-refractivity contribution >= 4 is 6.29 Å². The van der Waals surface area contributed by atoms with Crippen molar-refractivity contribution in [2.45, 2.75) is 44.6 Å². The van der Waals surface area contributed by atoms with Gasteiger partial charge in [-0.3, -0.25) is 14.2 Å². The molecule has 0 saturated heterocycles. The highest BCUT2D eigenvalue weighted by molar-refractivity contribution is 5.84. The second-order valence-electron chi connectivity index (χ2n) is 5.52. The summed E-state index contributed by atoms with van der Waals surface area (Å²) in [5.74, 6) is 0. The van der Waals surface area contributed by atoms with Gasteiger partial charge in [0.1, 0.15) is 5.69 Å². The molecule has 1 aliphatic carbocycles. The third-order valence-electron chi connectivity index (χ3n) is 4.15. The van der Waals surface area contributed by atoms with E-state index in [1.165, 1.54) is 25.7 Å². The van der Waals surface area contributed by atoms with Gasteiger partial charge in [0.25, 0.3) is 0 Å². The lowest BCUT2D eigenvalue weighted by molar-refractivity contribution is 0.112. The molecule has 1 saturated carbocycles. The van der Waals surface area contributed by atoms with Crippen LogP contribution in [0, 0.1) is 0 Å². The SMILES string of the molecule is Cn1nccc1-c1nn(C2CCCCCC2)cc1C=O. The van der Waals surface area contributed by atoms with Crippen molar-refractivity contribution < 1.29 is 4.79 Å². The van der Waals surface area contributed by atoms with Gasteiger partial charge in [-0.1, -0.05) is 25.7 Å². The van der Waals surface area contributed by atoms with Crippen LogP contribution < -0.4 is 0 Å². The molecule has 0 N–H and O–H groups in total. The number of hydrogen-bond acceptors (Lipinski definition) is 3. The summed E-state index contributed by atoms with van der Waals surface area (Å²) in [5.41, 5.74) is 2.28. The van der Waals surface area contributed by atoms with Gasteiger partial charge in [-0.25, -0.2) is 0 Å². The van der Waals surface area contributed by atoms with E-state index in [1.807, 2.05) is 24.0 Å². The van der Waals surface area contributed by atoms with Crippen molar-refractivity contribution in [1.29, 1.82) is 0 Å². The quantitative estimate of drug-likeness (QED) is 0.637. The Morgan fingerprint density at radius 2 is 2.00 bits per heavy atom. The molecule has 2 aromatic rings. The highest BCUT2D eigenvalue weighted by atomic mass is 16.1. The molecule has 0 amide bonds. The van der Waals surface area contributed by atoms with Gasteiger partial charge < -0.3 is 0 Å². The average Bonchev–Trinajstić information content (AvgIpc) is 2.96. The van der Waals surface area contributed by atoms with Gasteiger partial charge in [0, 0.05) is 19.4 Å². The smallest absolute Gasteiger partial charge is 0.153 e. The second kappa shape index (κ2) is 5.61. The standard InChI is InChI=1S/C15H20N4O/c1-18-14(8-9-16-18)15-12(11-20)10-19(17-15)13-6-4-2-3-5-7-13/h8-11,13H,2-7H2,1H3. The highest BCUT2D eigenvalue weighted by Gasteiger charge is 2.19. The lowest BCUT2D eigenvalue weighted by Crippen LogP contribution is -2.08. The van der Waals surface area contributed by atoms with Crippen molar-refractivity contribution in [2.24, 2.45) is 7.05 Å². The molecule has 2 aromatic heterocycles. The fraction of sp³-hybridized carbons (Fsp3) is 0.533. The number of aldehydes is 1. The van der Waals surface area contributed by atoms with Gasteiger partial charge in [-0.2, -0.15) is 10.2 Å². The van der Waals surface area contributed by atoms with Crippen LogP contribution in [0.15, 0.2) is 18.5 Å². The maximum atomic E-state index is 11.3. The van der Waals surface area contributed by atoms with Crippen LogP contribution in [0.5, 0.6) is 0 Å². The molecule has 3 rings (SSSR count). The second-order valence-corrected chi connectivity index (χ2v) is 5.52. The van der Waals surface area contributed by atoms with Crippen molar-refractivity contribution in [1.82, 2.24) is 19.6 Å². The molecular formula is C15H20N4O. The number of nitrogens with zero attached hydrogens (tertiary/aromatic N) is 4. The summed E-state index contributed by atoms with van der Waals surface area (Å²) in [4.78, 5) is 11.3. The number of aryl methyl sites for hydroxylation is 1. The minimum atomic E-state index is 0.429. The van der Waals surface area contributed by atoms with Gasteiger partial charge in [0.05, 0.1) is 17.3 Å². The first-order valence-electron chi connectivity index (χ1n) is 7.32. The molecule has 5 heteroatoms. The zero-order valence-corrected chi connectivity index (χ0v) is 11.8. The molecule has 1 aliphatic rings. The Morgan fingerprint density at radius 1 is 1.25 bits per heavy atom. The normalized spacial score (nSPS) is 17.1. The molecule has 0 spiro atoms. The van der Waals surface area contributed by atoms with Gasteiger partial charge >= 0.3 is 0 Å². The van der Waals surface area contributed by atoms with Gasteiger partial charge in [0.15, 0.2) is 6.29 Å². The van der Waals surface area contributed by atoms with E-state index in [1.54, 1.807) is 10.9 Å². The summed E-state index contributed by atoms with van der Waals surface area (Å²) in [6, 6.07) is 2.32. The molecule has 20 heavy (non-hydrogen) atoms. The van der Waals surface area contributed by atoms with E-state index in [2.05, 4.69) is 10.2 Å². The summed E-state index contributed by atoms with van der Waals surface area (Å²) >= 11 is 0. The monoisotopic (exact) mass is 272 g/mol. The molecule has 106 valence electrons. The zero-order chi connectivity index (χ0) is 13.9. The molecule has 1 fully saturated rings. The van der Waals surface area contributed by atoms with Gasteiger partial charge in [-0.05, 0) is 18.9 Å². The van der Waals surface area contributed by atoms with Gasteiger partial charge in [0.2, 0.25) is 0 Å². The predicted molar refractivity (Wildman–Crippen MR) is 76.6 cm³/mol. The Morgan fingerprint density at radius 3 is 2.60 bits per heavy atom. The molecule has 0 bridgehead atoms. The van der Waals surface area contributed by atoms with E-state index in [-0.39, 0.29) is 0 Å². The van der Waals surface area contributed by atoms with E-state index >= 15 is 0 Å². The van der Waals surface area contributed by atoms with Crippen molar-refractivity contribution in [3.05, 3.63) is 24.0 Å². The maximum absolute atomic E-state index is 11.3. The fourth-order valence-corrected chi connectivity index (χ4v) is 3.01. The molecule has 5 nitrogen and oxygen atoms in total. The summed E-state index contributed by atoms with van der Waals surface area (Å²) in [6.45, 7) is 0. The van der Waals surface area contributed by atoms with Crippen LogP contribution in [0.4, 0.5) is 0 Å². The summed E-state index contributed by atoms with van der Waals surface area (Å²) in [7, 11) is 1.87. The first-order chi connectivity index (χ1) is 9.79. The van der Waals surface area contributed by atoms with Crippen LogP contribution in [0.3, 0.4) is 0 Å². The minimum Gasteiger partial charge on any atom is -0.298 e. The molecule has 0 atom stereocenters. The summed E-state index contributed by atoms with van der Waals surface area (Å²) in [5, 5.41) is 8.83. The average molecular weight is 272 g/mol. The zero-order valence-electron chi connectivity index (χ0n) is 11.8. The highest BCUT2D eigenvalue weighted by Crippen LogP contribution is 2.29. The first-order valence-corrected chi connectivity index (χ1v) is 7.32. The van der Waals surface area contributed by atoms with E-state index in [9.17, 15) is 4.79 Å². The molecule has 0 aromatic carbocycles. The number of aromatic nitrogens is 4. The maximum Gasteiger partial charge on any atom is 0.153 e. The summed E-state index contributed by atoms with van der Waals surface area (Å²) in [6.07, 6.45) is 12.0. The Kier molecular flexibility index (Phi) is 3.67. The third-order valence-corrected chi connectivity index (χ3v) is 4.15. The Balaban J connectivity index is 1.96. The van der Waals surface area contributed by atoms with Crippen molar-refractivity contribution in [3.63, 3.8) is 0 Å². The van der Waals surface area contributed by atoms with Crippen LogP contribution in [0.1, 0.15) is 54.9 Å². The molecule has 2 heterocycles.